The van der Waals surface area contributed by atoms with Crippen LogP contribution in [0.25, 0.3) is 11.1 Å². The van der Waals surface area contributed by atoms with Crippen molar-refractivity contribution in [3.63, 3.8) is 0 Å². The topological polar surface area (TPSA) is 299 Å². The molecular weight excluding hydrogens is 576 g/mol. The number of benzene rings is 2. The van der Waals surface area contributed by atoms with Crippen LogP contribution in [0.4, 0.5) is 4.79 Å². The Morgan fingerprint density at radius 3 is 1.35 bits per heavy atom. The summed E-state index contributed by atoms with van der Waals surface area (Å²) in [4.78, 5) is 70.4. The number of hydrogen-bond donors (Lipinski definition) is 11. The van der Waals surface area contributed by atoms with Gasteiger partial charge in [-0.1, -0.05) is 48.5 Å². The summed E-state index contributed by atoms with van der Waals surface area (Å²) in [5.41, 5.74) is 8.49. The second-order valence-corrected chi connectivity index (χ2v) is 8.92. The number of nitrogens with two attached hydrogens (primary N) is 1. The number of alkyl carbamates (subject to hydrolysis) is 1. The normalized spacial score (nSPS) is 15.3. The van der Waals surface area contributed by atoms with Crippen molar-refractivity contribution in [1.29, 1.82) is 0 Å². The van der Waals surface area contributed by atoms with Crippen molar-refractivity contribution in [1.82, 2.24) is 26.6 Å². The highest BCUT2D eigenvalue weighted by molar-refractivity contribution is 5.94. The van der Waals surface area contributed by atoms with Gasteiger partial charge in [-0.2, -0.15) is 0 Å². The van der Waals surface area contributed by atoms with Gasteiger partial charge >= 0.3 is 6.09 Å². The highest BCUT2D eigenvalue weighted by Gasteiger charge is 2.31. The first-order valence-corrected chi connectivity index (χ1v) is 12.3. The van der Waals surface area contributed by atoms with Gasteiger partial charge in [0.1, 0.15) is 6.61 Å². The molecular formula is C25H28N6O12. The van der Waals surface area contributed by atoms with Gasteiger partial charge in [0.2, 0.25) is 31.1 Å². The molecule has 0 spiro atoms. The Hall–Kier alpha value is -5.14. The number of hydrogen-bond acceptors (Lipinski definition) is 12. The molecule has 0 aromatic heterocycles. The first kappa shape index (κ1) is 32.4. The largest absolute Gasteiger partial charge is 0.448 e. The number of rotatable bonds is 12. The molecule has 0 saturated carbocycles. The highest BCUT2D eigenvalue weighted by atomic mass is 16.6. The lowest BCUT2D eigenvalue weighted by atomic mass is 9.98. The summed E-state index contributed by atoms with van der Waals surface area (Å²) in [5.74, 6) is -7.87. The van der Waals surface area contributed by atoms with Gasteiger partial charge in [0.05, 0.1) is 0 Å². The molecule has 0 heterocycles. The maximum atomic E-state index is 12.2. The zero-order valence-corrected chi connectivity index (χ0v) is 22.0. The van der Waals surface area contributed by atoms with E-state index in [4.69, 9.17) is 15.6 Å². The number of fused-ring (bicyclic) bond motifs is 3. The summed E-state index contributed by atoms with van der Waals surface area (Å²) < 4.78 is 5.18. The summed E-state index contributed by atoms with van der Waals surface area (Å²) in [7, 11) is 0. The molecule has 6 amide bonds. The van der Waals surface area contributed by atoms with Gasteiger partial charge in [-0.25, -0.2) is 4.79 Å². The molecule has 3 rings (SSSR count). The lowest BCUT2D eigenvalue weighted by Crippen LogP contribution is -2.59. The minimum absolute atomic E-state index is 0.138. The van der Waals surface area contributed by atoms with E-state index in [0.29, 0.717) is 0 Å². The molecule has 12 N–H and O–H groups in total. The molecule has 0 saturated heterocycles. The Kier molecular flexibility index (Phi) is 10.7. The third-order valence-corrected chi connectivity index (χ3v) is 5.98. The molecule has 0 radical (unpaired) electrons. The van der Waals surface area contributed by atoms with Gasteiger partial charge in [0.15, 0.2) is 0 Å². The van der Waals surface area contributed by atoms with Gasteiger partial charge in [0.25, 0.3) is 29.5 Å². The fourth-order valence-corrected chi connectivity index (χ4v) is 3.94. The number of aliphatic hydroxyl groups excluding tert-OH is 5. The molecule has 43 heavy (non-hydrogen) atoms. The number of carbonyl (C=O) groups excluding carboxylic acids is 6. The third-order valence-electron chi connectivity index (χ3n) is 5.98. The van der Waals surface area contributed by atoms with Crippen molar-refractivity contribution >= 4 is 35.6 Å². The molecule has 0 bridgehead atoms. The molecule has 5 unspecified atom stereocenters. The molecule has 0 fully saturated rings. The molecule has 1 aliphatic rings. The van der Waals surface area contributed by atoms with Crippen molar-refractivity contribution in [3.8, 4) is 11.1 Å². The standard InChI is InChI=1S/C25H28N6O12/c26-15(32)16(33)27-17(34)18(35)28-19(36)20(37)29-21(38)22(39)30-23(40)24(41)31-25(42)43-9-14-12-7-3-1-5-10(12)11-6-2-4-8-13(11)14/h1-8,14,16,18,20,22,24,33,35,37,39,41H,9H2,(H2,26,32)(H,27,34)(H,28,36)(H,29,38)(H,30,40)(H,31,42). The minimum atomic E-state index is -2.49. The van der Waals surface area contributed by atoms with Crippen molar-refractivity contribution in [2.75, 3.05) is 6.61 Å². The maximum absolute atomic E-state index is 12.2. The molecule has 2 aromatic carbocycles. The molecule has 2 aromatic rings. The number of primary amides is 1. The van der Waals surface area contributed by atoms with E-state index in [1.165, 1.54) is 16.0 Å². The Labute approximate surface area is 241 Å². The Morgan fingerprint density at radius 2 is 0.953 bits per heavy atom. The van der Waals surface area contributed by atoms with Crippen molar-refractivity contribution in [2.45, 2.75) is 37.1 Å². The average molecular weight is 605 g/mol. The van der Waals surface area contributed by atoms with Crippen LogP contribution in [0.3, 0.4) is 0 Å². The van der Waals surface area contributed by atoms with Gasteiger partial charge in [-0.3, -0.25) is 29.3 Å². The van der Waals surface area contributed by atoms with Crippen LogP contribution in [0.1, 0.15) is 17.0 Å². The van der Waals surface area contributed by atoms with E-state index in [1.54, 1.807) is 5.32 Å². The summed E-state index contributed by atoms with van der Waals surface area (Å²) in [6.07, 6.45) is -13.1. The zero-order chi connectivity index (χ0) is 31.8. The van der Waals surface area contributed by atoms with E-state index >= 15 is 0 Å². The Bertz CT molecular complexity index is 1360. The van der Waals surface area contributed by atoms with E-state index in [9.17, 15) is 49.2 Å². The summed E-state index contributed by atoms with van der Waals surface area (Å²) in [5, 5.41) is 56.1. The number of carbonyl (C=O) groups is 6. The van der Waals surface area contributed by atoms with Crippen LogP contribution in [0.5, 0.6) is 0 Å². The SMILES string of the molecule is NC(=O)C(O)NC(=O)C(O)NC(=O)C(O)NC(=O)C(O)NC(=O)C(O)NC(=O)OCC1c2ccccc2-c2ccccc21. The van der Waals surface area contributed by atoms with Crippen LogP contribution in [0.2, 0.25) is 0 Å². The van der Waals surface area contributed by atoms with E-state index in [-0.39, 0.29) is 12.5 Å². The number of nitrogens with one attached hydrogen (secondary N) is 5. The molecule has 5 atom stereocenters. The predicted octanol–water partition coefficient (Wildman–Crippen LogP) is -4.93. The molecule has 18 nitrogen and oxygen atoms in total. The molecule has 230 valence electrons. The molecule has 1 aliphatic carbocycles. The molecule has 0 aliphatic heterocycles. The van der Waals surface area contributed by atoms with Gasteiger partial charge in [-0.05, 0) is 22.3 Å². The molecule has 18 heteroatoms. The zero-order valence-electron chi connectivity index (χ0n) is 22.0. The van der Waals surface area contributed by atoms with Crippen LogP contribution >= 0.6 is 0 Å². The van der Waals surface area contributed by atoms with Gasteiger partial charge < -0.3 is 57.3 Å². The minimum Gasteiger partial charge on any atom is -0.448 e. The first-order chi connectivity index (χ1) is 20.3. The number of amides is 6. The number of ether oxygens (including phenoxy) is 1. The van der Waals surface area contributed by atoms with Crippen LogP contribution in [0, 0.1) is 0 Å². The van der Waals surface area contributed by atoms with Gasteiger partial charge in [-0.15, -0.1) is 0 Å². The van der Waals surface area contributed by atoms with Crippen molar-refractivity contribution < 1.29 is 59.0 Å². The van der Waals surface area contributed by atoms with Gasteiger partial charge in [0, 0.05) is 5.92 Å². The number of aliphatic hydroxyl groups is 5. The van der Waals surface area contributed by atoms with Crippen molar-refractivity contribution in [2.24, 2.45) is 5.73 Å². The van der Waals surface area contributed by atoms with Crippen LogP contribution in [0.15, 0.2) is 48.5 Å². The quantitative estimate of drug-likeness (QED) is 0.102. The van der Waals surface area contributed by atoms with Crippen LogP contribution < -0.4 is 32.3 Å². The van der Waals surface area contributed by atoms with E-state index in [1.807, 2.05) is 53.8 Å². The highest BCUT2D eigenvalue weighted by Crippen LogP contribution is 2.44. The third kappa shape index (κ3) is 8.21. The van der Waals surface area contributed by atoms with Crippen LogP contribution in [-0.2, 0) is 28.7 Å². The van der Waals surface area contributed by atoms with Crippen LogP contribution in [-0.4, -0.2) is 98.9 Å². The summed E-state index contributed by atoms with van der Waals surface area (Å²) >= 11 is 0. The fourth-order valence-electron chi connectivity index (χ4n) is 3.94. The van der Waals surface area contributed by atoms with E-state index in [2.05, 4.69) is 0 Å². The average Bonchev–Trinajstić information content (AvgIpc) is 3.29. The fraction of sp³-hybridized carbons (Fsp3) is 0.280. The maximum Gasteiger partial charge on any atom is 0.409 e. The van der Waals surface area contributed by atoms with E-state index in [0.717, 1.165) is 22.3 Å². The first-order valence-electron chi connectivity index (χ1n) is 12.3. The lowest BCUT2D eigenvalue weighted by molar-refractivity contribution is -0.149. The van der Waals surface area contributed by atoms with Crippen molar-refractivity contribution in [3.05, 3.63) is 59.7 Å². The van der Waals surface area contributed by atoms with E-state index < -0.39 is 66.8 Å². The second kappa shape index (κ2) is 14.2. The lowest BCUT2D eigenvalue weighted by Gasteiger charge is -2.20. The predicted molar refractivity (Wildman–Crippen MR) is 140 cm³/mol. The smallest absolute Gasteiger partial charge is 0.409 e. The summed E-state index contributed by atoms with van der Waals surface area (Å²) in [6.45, 7) is -0.138. The Balaban J connectivity index is 1.44. The summed E-state index contributed by atoms with van der Waals surface area (Å²) in [6, 6.07) is 15.0. The second-order valence-electron chi connectivity index (χ2n) is 8.92. The monoisotopic (exact) mass is 604 g/mol. The Morgan fingerprint density at radius 1 is 0.605 bits per heavy atom.